The summed E-state index contributed by atoms with van der Waals surface area (Å²) >= 11 is 0. The topological polar surface area (TPSA) is 61.8 Å². The molecule has 132 valence electrons. The Hall–Kier alpha value is -2.14. The first-order chi connectivity index (χ1) is 11.5. The monoisotopic (exact) mass is 334 g/mol. The summed E-state index contributed by atoms with van der Waals surface area (Å²) in [4.78, 5) is 24.4. The number of hydrogen-bond acceptors (Lipinski definition) is 5. The zero-order valence-electron chi connectivity index (χ0n) is 14.6. The van der Waals surface area contributed by atoms with Gasteiger partial charge in [0.05, 0.1) is 25.9 Å². The molecule has 0 aromatic heterocycles. The van der Waals surface area contributed by atoms with E-state index in [0.29, 0.717) is 6.61 Å². The molecule has 0 aliphatic heterocycles. The molecule has 1 aromatic carbocycles. The smallest absolute Gasteiger partial charge is 0.321 e. The van der Waals surface area contributed by atoms with Crippen molar-refractivity contribution in [3.8, 4) is 0 Å². The van der Waals surface area contributed by atoms with E-state index in [4.69, 9.17) is 14.2 Å². The van der Waals surface area contributed by atoms with E-state index in [1.165, 1.54) is 0 Å². The minimum atomic E-state index is -1.08. The highest BCUT2D eigenvalue weighted by Gasteiger charge is 2.39. The molecule has 0 amide bonds. The van der Waals surface area contributed by atoms with E-state index in [2.05, 4.69) is 6.58 Å². The van der Waals surface area contributed by atoms with E-state index >= 15 is 0 Å². The zero-order chi connectivity index (χ0) is 17.9. The molecule has 0 spiro atoms. The average Bonchev–Trinajstić information content (AvgIpc) is 2.58. The van der Waals surface area contributed by atoms with Crippen LogP contribution in [0, 0.1) is 11.8 Å². The normalized spacial score (nSPS) is 13.2. The highest BCUT2D eigenvalue weighted by atomic mass is 16.6. The van der Waals surface area contributed by atoms with Crippen molar-refractivity contribution in [1.29, 1.82) is 0 Å². The summed E-state index contributed by atoms with van der Waals surface area (Å²) in [6.07, 6.45) is 1.15. The van der Waals surface area contributed by atoms with Crippen LogP contribution in [0.1, 0.15) is 26.3 Å². The third-order valence-corrected chi connectivity index (χ3v) is 3.64. The second kappa shape index (κ2) is 10.6. The lowest BCUT2D eigenvalue weighted by Gasteiger charge is -2.26. The first-order valence-electron chi connectivity index (χ1n) is 8.16. The van der Waals surface area contributed by atoms with Crippen LogP contribution in [0.3, 0.4) is 0 Å². The summed E-state index contributed by atoms with van der Waals surface area (Å²) in [5.41, 5.74) is 1.01. The quantitative estimate of drug-likeness (QED) is 0.374. The fourth-order valence-electron chi connectivity index (χ4n) is 2.39. The SMILES string of the molecule is C=C[C@H](C(C(=O)OCC)C(=O)OCC)[C@H](C)OCc1ccccc1. The molecule has 0 unspecified atom stereocenters. The standard InChI is InChI=1S/C19H26O5/c1-5-16(14(4)24-13-15-11-9-8-10-12-15)17(18(20)22-6-2)19(21)23-7-3/h5,8-12,14,16-17H,1,6-7,13H2,2-4H3/t14-,16-/m0/s1. The van der Waals surface area contributed by atoms with Crippen molar-refractivity contribution in [2.75, 3.05) is 13.2 Å². The summed E-state index contributed by atoms with van der Waals surface area (Å²) in [5, 5.41) is 0. The molecule has 0 heterocycles. The van der Waals surface area contributed by atoms with Crippen molar-refractivity contribution < 1.29 is 23.8 Å². The molecule has 0 aliphatic carbocycles. The number of carbonyl (C=O) groups is 2. The van der Waals surface area contributed by atoms with E-state index in [1.807, 2.05) is 30.3 Å². The van der Waals surface area contributed by atoms with Gasteiger partial charge in [0.25, 0.3) is 0 Å². The third-order valence-electron chi connectivity index (χ3n) is 3.64. The van der Waals surface area contributed by atoms with Gasteiger partial charge in [-0.2, -0.15) is 0 Å². The number of carbonyl (C=O) groups excluding carboxylic acids is 2. The van der Waals surface area contributed by atoms with Gasteiger partial charge in [-0.15, -0.1) is 6.58 Å². The van der Waals surface area contributed by atoms with Gasteiger partial charge in [-0.1, -0.05) is 36.4 Å². The van der Waals surface area contributed by atoms with Crippen LogP contribution in [-0.2, 0) is 30.4 Å². The molecule has 0 fully saturated rings. The predicted molar refractivity (Wildman–Crippen MR) is 91.1 cm³/mol. The van der Waals surface area contributed by atoms with Gasteiger partial charge < -0.3 is 14.2 Å². The third kappa shape index (κ3) is 5.81. The maximum Gasteiger partial charge on any atom is 0.321 e. The lowest BCUT2D eigenvalue weighted by atomic mass is 9.88. The molecule has 5 heteroatoms. The Morgan fingerprint density at radius 2 is 1.62 bits per heavy atom. The number of rotatable bonds is 10. The molecule has 0 saturated heterocycles. The Morgan fingerprint density at radius 1 is 1.08 bits per heavy atom. The van der Waals surface area contributed by atoms with Crippen LogP contribution in [0.2, 0.25) is 0 Å². The van der Waals surface area contributed by atoms with Gasteiger partial charge in [0, 0.05) is 5.92 Å². The van der Waals surface area contributed by atoms with E-state index in [0.717, 1.165) is 5.56 Å². The highest BCUT2D eigenvalue weighted by molar-refractivity contribution is 5.95. The Balaban J connectivity index is 2.84. The molecule has 2 atom stereocenters. The maximum absolute atomic E-state index is 12.2. The highest BCUT2D eigenvalue weighted by Crippen LogP contribution is 2.24. The summed E-state index contributed by atoms with van der Waals surface area (Å²) in [6.45, 7) is 9.70. The molecule has 24 heavy (non-hydrogen) atoms. The molecule has 0 radical (unpaired) electrons. The summed E-state index contributed by atoms with van der Waals surface area (Å²) < 4.78 is 15.9. The zero-order valence-corrected chi connectivity index (χ0v) is 14.6. The van der Waals surface area contributed by atoms with Crippen LogP contribution >= 0.6 is 0 Å². The summed E-state index contributed by atoms with van der Waals surface area (Å²) in [7, 11) is 0. The van der Waals surface area contributed by atoms with Crippen molar-refractivity contribution in [3.63, 3.8) is 0 Å². The lowest BCUT2D eigenvalue weighted by molar-refractivity contribution is -0.166. The van der Waals surface area contributed by atoms with Gasteiger partial charge in [0.15, 0.2) is 5.92 Å². The van der Waals surface area contributed by atoms with Crippen molar-refractivity contribution in [1.82, 2.24) is 0 Å². The van der Waals surface area contributed by atoms with Crippen LogP contribution < -0.4 is 0 Å². The Morgan fingerprint density at radius 3 is 2.08 bits per heavy atom. The molecular formula is C19H26O5. The van der Waals surface area contributed by atoms with Crippen LogP contribution in [0.5, 0.6) is 0 Å². The van der Waals surface area contributed by atoms with Crippen molar-refractivity contribution in [2.45, 2.75) is 33.5 Å². The van der Waals surface area contributed by atoms with E-state index in [9.17, 15) is 9.59 Å². The second-order valence-electron chi connectivity index (χ2n) is 5.30. The Kier molecular flexibility index (Phi) is 8.79. The van der Waals surface area contributed by atoms with Crippen LogP contribution in [-0.4, -0.2) is 31.3 Å². The largest absolute Gasteiger partial charge is 0.465 e. The van der Waals surface area contributed by atoms with Crippen molar-refractivity contribution in [2.24, 2.45) is 11.8 Å². The average molecular weight is 334 g/mol. The summed E-state index contributed by atoms with van der Waals surface area (Å²) in [6, 6.07) is 9.67. The van der Waals surface area contributed by atoms with E-state index in [1.54, 1.807) is 26.8 Å². The minimum absolute atomic E-state index is 0.192. The number of benzene rings is 1. The number of hydrogen-bond donors (Lipinski definition) is 0. The van der Waals surface area contributed by atoms with Crippen LogP contribution in [0.15, 0.2) is 43.0 Å². The molecule has 0 N–H and O–H groups in total. The van der Waals surface area contributed by atoms with Gasteiger partial charge >= 0.3 is 11.9 Å². The van der Waals surface area contributed by atoms with Crippen LogP contribution in [0.4, 0.5) is 0 Å². The molecule has 5 nitrogen and oxygen atoms in total. The minimum Gasteiger partial charge on any atom is -0.465 e. The van der Waals surface area contributed by atoms with E-state index in [-0.39, 0.29) is 13.2 Å². The second-order valence-corrected chi connectivity index (χ2v) is 5.30. The molecule has 1 rings (SSSR count). The first-order valence-corrected chi connectivity index (χ1v) is 8.16. The van der Waals surface area contributed by atoms with Crippen molar-refractivity contribution >= 4 is 11.9 Å². The van der Waals surface area contributed by atoms with Crippen LogP contribution in [0.25, 0.3) is 0 Å². The molecular weight excluding hydrogens is 308 g/mol. The number of esters is 2. The van der Waals surface area contributed by atoms with Gasteiger partial charge in [-0.05, 0) is 26.3 Å². The fraction of sp³-hybridized carbons (Fsp3) is 0.474. The molecule has 0 saturated carbocycles. The van der Waals surface area contributed by atoms with Gasteiger partial charge in [-0.3, -0.25) is 9.59 Å². The molecule has 1 aromatic rings. The van der Waals surface area contributed by atoms with Gasteiger partial charge in [0.2, 0.25) is 0 Å². The fourth-order valence-corrected chi connectivity index (χ4v) is 2.39. The predicted octanol–water partition coefficient (Wildman–Crippen LogP) is 3.14. The maximum atomic E-state index is 12.2. The number of ether oxygens (including phenoxy) is 3. The Labute approximate surface area is 143 Å². The van der Waals surface area contributed by atoms with Gasteiger partial charge in [-0.25, -0.2) is 0 Å². The van der Waals surface area contributed by atoms with Crippen molar-refractivity contribution in [3.05, 3.63) is 48.6 Å². The molecule has 0 bridgehead atoms. The Bertz CT molecular complexity index is 508. The molecule has 0 aliphatic rings. The van der Waals surface area contributed by atoms with E-state index < -0.39 is 29.9 Å². The summed E-state index contributed by atoms with van der Waals surface area (Å²) in [5.74, 6) is -2.84. The van der Waals surface area contributed by atoms with Gasteiger partial charge in [0.1, 0.15) is 0 Å². The lowest BCUT2D eigenvalue weighted by Crippen LogP contribution is -2.39. The first kappa shape index (κ1) is 19.9.